The third-order valence-electron chi connectivity index (χ3n) is 4.23. The molecule has 2 N–H and O–H groups in total. The van der Waals surface area contributed by atoms with Crippen molar-refractivity contribution in [2.45, 2.75) is 57.5 Å². The third kappa shape index (κ3) is 3.46. The standard InChI is InChI=1S/C13H25NO/c15-13(12-6-8-14-9-7-12)10-11-4-2-1-3-5-11/h11-15H,1-10H2. The van der Waals surface area contributed by atoms with Crippen molar-refractivity contribution in [1.29, 1.82) is 0 Å². The quantitative estimate of drug-likeness (QED) is 0.751. The molecule has 1 unspecified atom stereocenters. The van der Waals surface area contributed by atoms with Crippen molar-refractivity contribution in [1.82, 2.24) is 5.32 Å². The van der Waals surface area contributed by atoms with E-state index >= 15 is 0 Å². The van der Waals surface area contributed by atoms with Gasteiger partial charge in [0, 0.05) is 0 Å². The highest BCUT2D eigenvalue weighted by molar-refractivity contribution is 4.78. The van der Waals surface area contributed by atoms with Crippen LogP contribution in [0.1, 0.15) is 51.4 Å². The van der Waals surface area contributed by atoms with Gasteiger partial charge in [-0.2, -0.15) is 0 Å². The second kappa shape index (κ2) is 5.86. The van der Waals surface area contributed by atoms with Gasteiger partial charge in [0.25, 0.3) is 0 Å². The van der Waals surface area contributed by atoms with Crippen LogP contribution >= 0.6 is 0 Å². The van der Waals surface area contributed by atoms with Crippen molar-refractivity contribution >= 4 is 0 Å². The van der Waals surface area contributed by atoms with Gasteiger partial charge in [-0.25, -0.2) is 0 Å². The van der Waals surface area contributed by atoms with Crippen molar-refractivity contribution in [2.75, 3.05) is 13.1 Å². The van der Waals surface area contributed by atoms with Gasteiger partial charge in [-0.05, 0) is 44.2 Å². The minimum atomic E-state index is -0.0183. The Morgan fingerprint density at radius 2 is 1.67 bits per heavy atom. The maximum absolute atomic E-state index is 10.2. The molecule has 0 bridgehead atoms. The average molecular weight is 211 g/mol. The Morgan fingerprint density at radius 1 is 1.00 bits per heavy atom. The van der Waals surface area contributed by atoms with Gasteiger partial charge in [-0.15, -0.1) is 0 Å². The molecular weight excluding hydrogens is 186 g/mol. The van der Waals surface area contributed by atoms with E-state index < -0.39 is 0 Å². The van der Waals surface area contributed by atoms with Crippen molar-refractivity contribution in [3.05, 3.63) is 0 Å². The lowest BCUT2D eigenvalue weighted by Gasteiger charge is -2.31. The summed E-state index contributed by atoms with van der Waals surface area (Å²) in [6.45, 7) is 2.21. The van der Waals surface area contributed by atoms with Crippen LogP contribution in [0, 0.1) is 11.8 Å². The Hall–Kier alpha value is -0.0800. The number of rotatable bonds is 3. The van der Waals surface area contributed by atoms with Crippen LogP contribution < -0.4 is 5.32 Å². The van der Waals surface area contributed by atoms with E-state index in [1.54, 1.807) is 0 Å². The molecule has 1 atom stereocenters. The van der Waals surface area contributed by atoms with Crippen LogP contribution in [0.2, 0.25) is 0 Å². The Balaban J connectivity index is 1.72. The Morgan fingerprint density at radius 3 is 2.33 bits per heavy atom. The summed E-state index contributed by atoms with van der Waals surface area (Å²) in [5, 5.41) is 13.6. The molecule has 0 aromatic rings. The second-order valence-electron chi connectivity index (χ2n) is 5.39. The second-order valence-corrected chi connectivity index (χ2v) is 5.39. The van der Waals surface area contributed by atoms with Gasteiger partial charge >= 0.3 is 0 Å². The first-order chi connectivity index (χ1) is 7.36. The normalized spacial score (nSPS) is 27.8. The van der Waals surface area contributed by atoms with E-state index in [0.29, 0.717) is 5.92 Å². The van der Waals surface area contributed by atoms with Crippen molar-refractivity contribution < 1.29 is 5.11 Å². The van der Waals surface area contributed by atoms with E-state index in [1.165, 1.54) is 44.9 Å². The molecule has 1 saturated heterocycles. The van der Waals surface area contributed by atoms with Crippen molar-refractivity contribution in [2.24, 2.45) is 11.8 Å². The molecule has 0 amide bonds. The maximum atomic E-state index is 10.2. The number of aliphatic hydroxyl groups excluding tert-OH is 1. The topological polar surface area (TPSA) is 32.3 Å². The predicted molar refractivity (Wildman–Crippen MR) is 62.8 cm³/mol. The number of aliphatic hydroxyl groups is 1. The molecule has 0 aromatic heterocycles. The van der Waals surface area contributed by atoms with Crippen LogP contribution in [0.5, 0.6) is 0 Å². The van der Waals surface area contributed by atoms with E-state index in [2.05, 4.69) is 5.32 Å². The molecule has 2 aliphatic rings. The number of hydrogen-bond donors (Lipinski definition) is 2. The predicted octanol–water partition coefficient (Wildman–Crippen LogP) is 2.32. The van der Waals surface area contributed by atoms with Crippen LogP contribution in [0.4, 0.5) is 0 Å². The number of nitrogens with one attached hydrogen (secondary N) is 1. The van der Waals surface area contributed by atoms with Crippen molar-refractivity contribution in [3.8, 4) is 0 Å². The minimum absolute atomic E-state index is 0.0183. The number of hydrogen-bond acceptors (Lipinski definition) is 2. The summed E-state index contributed by atoms with van der Waals surface area (Å²) in [6, 6.07) is 0. The first kappa shape index (κ1) is 11.4. The van der Waals surface area contributed by atoms with Crippen LogP contribution in [0.15, 0.2) is 0 Å². The first-order valence-corrected chi connectivity index (χ1v) is 6.75. The summed E-state index contributed by atoms with van der Waals surface area (Å²) in [5.74, 6) is 1.40. The molecule has 2 heteroatoms. The monoisotopic (exact) mass is 211 g/mol. The van der Waals surface area contributed by atoms with E-state index in [0.717, 1.165) is 25.4 Å². The van der Waals surface area contributed by atoms with Gasteiger partial charge in [-0.3, -0.25) is 0 Å². The smallest absolute Gasteiger partial charge is 0.0572 e. The van der Waals surface area contributed by atoms with Gasteiger partial charge in [0.05, 0.1) is 6.10 Å². The molecular formula is C13H25NO. The lowest BCUT2D eigenvalue weighted by atomic mass is 9.81. The van der Waals surface area contributed by atoms with Gasteiger partial charge < -0.3 is 10.4 Å². The molecule has 0 spiro atoms. The van der Waals surface area contributed by atoms with Gasteiger partial charge in [0.15, 0.2) is 0 Å². The van der Waals surface area contributed by atoms with Gasteiger partial charge in [0.1, 0.15) is 0 Å². The molecule has 0 aromatic carbocycles. The number of piperidine rings is 1. The van der Waals surface area contributed by atoms with Gasteiger partial charge in [-0.1, -0.05) is 32.1 Å². The zero-order valence-corrected chi connectivity index (χ0v) is 9.75. The van der Waals surface area contributed by atoms with E-state index in [9.17, 15) is 5.11 Å². The maximum Gasteiger partial charge on any atom is 0.0572 e. The van der Waals surface area contributed by atoms with Crippen LogP contribution in [0.25, 0.3) is 0 Å². The summed E-state index contributed by atoms with van der Waals surface area (Å²) in [5.41, 5.74) is 0. The van der Waals surface area contributed by atoms with Gasteiger partial charge in [0.2, 0.25) is 0 Å². The summed E-state index contributed by atoms with van der Waals surface area (Å²) in [6.07, 6.45) is 10.3. The summed E-state index contributed by atoms with van der Waals surface area (Å²) in [7, 11) is 0. The summed E-state index contributed by atoms with van der Waals surface area (Å²) >= 11 is 0. The molecule has 2 nitrogen and oxygen atoms in total. The summed E-state index contributed by atoms with van der Waals surface area (Å²) in [4.78, 5) is 0. The zero-order valence-electron chi connectivity index (χ0n) is 9.75. The SMILES string of the molecule is OC(CC1CCCCC1)C1CCNCC1. The fraction of sp³-hybridized carbons (Fsp3) is 1.00. The molecule has 2 fully saturated rings. The van der Waals surface area contributed by atoms with Crippen molar-refractivity contribution in [3.63, 3.8) is 0 Å². The fourth-order valence-corrected chi connectivity index (χ4v) is 3.19. The highest BCUT2D eigenvalue weighted by atomic mass is 16.3. The molecule has 1 aliphatic heterocycles. The van der Waals surface area contributed by atoms with Crippen LogP contribution in [0.3, 0.4) is 0 Å². The lowest BCUT2D eigenvalue weighted by molar-refractivity contribution is 0.0594. The molecule has 15 heavy (non-hydrogen) atoms. The Labute approximate surface area is 93.5 Å². The van der Waals surface area contributed by atoms with E-state index in [1.807, 2.05) is 0 Å². The highest BCUT2D eigenvalue weighted by Gasteiger charge is 2.25. The molecule has 88 valence electrons. The average Bonchev–Trinajstić information content (AvgIpc) is 2.31. The first-order valence-electron chi connectivity index (χ1n) is 6.75. The zero-order chi connectivity index (χ0) is 10.5. The molecule has 0 radical (unpaired) electrons. The Bertz CT molecular complexity index is 171. The largest absolute Gasteiger partial charge is 0.393 e. The molecule has 2 rings (SSSR count). The minimum Gasteiger partial charge on any atom is -0.393 e. The highest BCUT2D eigenvalue weighted by Crippen LogP contribution is 2.30. The summed E-state index contributed by atoms with van der Waals surface area (Å²) < 4.78 is 0. The fourth-order valence-electron chi connectivity index (χ4n) is 3.19. The molecule has 1 aliphatic carbocycles. The molecule has 1 heterocycles. The lowest BCUT2D eigenvalue weighted by Crippen LogP contribution is -2.35. The van der Waals surface area contributed by atoms with E-state index in [-0.39, 0.29) is 6.10 Å². The van der Waals surface area contributed by atoms with Crippen LogP contribution in [-0.2, 0) is 0 Å². The van der Waals surface area contributed by atoms with Crippen LogP contribution in [-0.4, -0.2) is 24.3 Å². The Kier molecular flexibility index (Phi) is 4.45. The molecule has 1 saturated carbocycles. The van der Waals surface area contributed by atoms with E-state index in [4.69, 9.17) is 0 Å². The third-order valence-corrected chi connectivity index (χ3v) is 4.23.